The van der Waals surface area contributed by atoms with Gasteiger partial charge in [0.1, 0.15) is 11.7 Å². The lowest BCUT2D eigenvalue weighted by atomic mass is 9.96. The van der Waals surface area contributed by atoms with Gasteiger partial charge < -0.3 is 15.2 Å². The third kappa shape index (κ3) is 4.65. The molecule has 0 fully saturated rings. The summed E-state index contributed by atoms with van der Waals surface area (Å²) in [6.45, 7) is 1.77. The fourth-order valence-corrected chi connectivity index (χ4v) is 4.43. The Labute approximate surface area is 205 Å². The quantitative estimate of drug-likeness (QED) is 0.333. The van der Waals surface area contributed by atoms with E-state index in [0.717, 1.165) is 15.6 Å². The minimum Gasteiger partial charge on any atom is -0.496 e. The van der Waals surface area contributed by atoms with Crippen molar-refractivity contribution < 1.29 is 19.4 Å². The normalized spacial score (nSPS) is 11.7. The second-order valence-electron chi connectivity index (χ2n) is 7.83. The van der Waals surface area contributed by atoms with Gasteiger partial charge in [-0.05, 0) is 36.8 Å². The van der Waals surface area contributed by atoms with E-state index in [2.05, 4.69) is 21.2 Å². The van der Waals surface area contributed by atoms with Gasteiger partial charge in [0.25, 0.3) is 5.91 Å². The number of aromatic nitrogens is 1. The first kappa shape index (κ1) is 23.4. The molecule has 4 aromatic rings. The van der Waals surface area contributed by atoms with Gasteiger partial charge in [-0.15, -0.1) is 0 Å². The predicted octanol–water partition coefficient (Wildman–Crippen LogP) is 5.58. The van der Waals surface area contributed by atoms with Gasteiger partial charge in [-0.3, -0.25) is 9.59 Å². The van der Waals surface area contributed by atoms with E-state index in [-0.39, 0.29) is 12.5 Å². The second kappa shape index (κ2) is 10.1. The predicted molar refractivity (Wildman–Crippen MR) is 135 cm³/mol. The van der Waals surface area contributed by atoms with Crippen molar-refractivity contribution in [2.24, 2.45) is 0 Å². The number of nitrogens with one attached hydrogen (secondary N) is 1. The van der Waals surface area contributed by atoms with E-state index in [9.17, 15) is 14.7 Å². The summed E-state index contributed by atoms with van der Waals surface area (Å²) >= 11 is 3.48. The molecule has 0 bridgehead atoms. The van der Waals surface area contributed by atoms with Crippen molar-refractivity contribution in [3.8, 4) is 17.0 Å². The molecule has 0 unspecified atom stereocenters. The van der Waals surface area contributed by atoms with Gasteiger partial charge in [0.05, 0.1) is 23.9 Å². The number of benzene rings is 3. The fraction of sp³-hybridized carbons (Fsp3) is 0.148. The largest absolute Gasteiger partial charge is 0.496 e. The third-order valence-electron chi connectivity index (χ3n) is 5.74. The van der Waals surface area contributed by atoms with Gasteiger partial charge >= 0.3 is 5.97 Å². The molecule has 172 valence electrons. The van der Waals surface area contributed by atoms with E-state index in [4.69, 9.17) is 9.72 Å². The number of carbonyl (C=O) groups is 2. The summed E-state index contributed by atoms with van der Waals surface area (Å²) in [6.07, 6.45) is 0. The Morgan fingerprint density at radius 1 is 1.06 bits per heavy atom. The van der Waals surface area contributed by atoms with Gasteiger partial charge in [-0.25, -0.2) is 4.98 Å². The summed E-state index contributed by atoms with van der Waals surface area (Å²) in [7, 11) is 1.49. The van der Waals surface area contributed by atoms with Crippen molar-refractivity contribution in [3.05, 3.63) is 94.0 Å². The minimum absolute atomic E-state index is 0.0908. The molecule has 2 N–H and O–H groups in total. The van der Waals surface area contributed by atoms with Crippen LogP contribution in [-0.2, 0) is 4.79 Å². The van der Waals surface area contributed by atoms with Crippen LogP contribution in [0.15, 0.2) is 77.3 Å². The van der Waals surface area contributed by atoms with Crippen molar-refractivity contribution in [3.63, 3.8) is 0 Å². The maximum absolute atomic E-state index is 13.5. The lowest BCUT2D eigenvalue weighted by molar-refractivity contribution is -0.138. The van der Waals surface area contributed by atoms with Crippen molar-refractivity contribution in [2.75, 3.05) is 13.7 Å². The monoisotopic (exact) mass is 518 g/mol. The van der Waals surface area contributed by atoms with E-state index < -0.39 is 11.9 Å². The van der Waals surface area contributed by atoms with Crippen LogP contribution in [0.2, 0.25) is 0 Å². The van der Waals surface area contributed by atoms with Gasteiger partial charge in [-0.2, -0.15) is 0 Å². The number of halogens is 1. The molecule has 1 atom stereocenters. The van der Waals surface area contributed by atoms with Crippen LogP contribution in [0.4, 0.5) is 0 Å². The first-order valence-corrected chi connectivity index (χ1v) is 11.5. The van der Waals surface area contributed by atoms with Gasteiger partial charge in [-0.1, -0.05) is 64.5 Å². The Balaban J connectivity index is 1.75. The number of carbonyl (C=O) groups excluding carboxylic acids is 1. The second-order valence-corrected chi connectivity index (χ2v) is 8.75. The van der Waals surface area contributed by atoms with Crippen molar-refractivity contribution in [1.82, 2.24) is 10.3 Å². The number of carboxylic acid groups (broad SMARTS) is 1. The summed E-state index contributed by atoms with van der Waals surface area (Å²) in [5.41, 5.74) is 3.98. The summed E-state index contributed by atoms with van der Waals surface area (Å²) < 4.78 is 6.15. The molecule has 0 spiro atoms. The zero-order valence-electron chi connectivity index (χ0n) is 18.7. The third-order valence-corrected chi connectivity index (χ3v) is 6.24. The first-order valence-electron chi connectivity index (χ1n) is 10.7. The number of hydrogen-bond acceptors (Lipinski definition) is 4. The average Bonchev–Trinajstić information content (AvgIpc) is 2.84. The molecule has 0 saturated heterocycles. The first-order chi connectivity index (χ1) is 16.4. The lowest BCUT2D eigenvalue weighted by Crippen LogP contribution is -2.32. The van der Waals surface area contributed by atoms with Crippen molar-refractivity contribution >= 4 is 38.7 Å². The maximum atomic E-state index is 13.5. The number of ether oxygens (including phenoxy) is 1. The van der Waals surface area contributed by atoms with Crippen LogP contribution in [0.3, 0.4) is 0 Å². The Hall–Kier alpha value is -3.71. The highest BCUT2D eigenvalue weighted by Crippen LogP contribution is 2.32. The Bertz CT molecular complexity index is 1370. The molecule has 34 heavy (non-hydrogen) atoms. The van der Waals surface area contributed by atoms with Crippen LogP contribution < -0.4 is 10.1 Å². The highest BCUT2D eigenvalue weighted by atomic mass is 79.9. The standard InChI is InChI=1S/C27H23BrN2O4/c1-16-24(26(31)29-15-21(27(32)33)19-10-6-7-11-23(19)34-2)20-14-18(28)12-13-22(20)30-25(16)17-8-4-3-5-9-17/h3-14,21H,15H2,1-2H3,(H,29,31)(H,32,33)/t21-/m0/s1. The van der Waals surface area contributed by atoms with E-state index in [1.54, 1.807) is 24.3 Å². The molecule has 0 aliphatic heterocycles. The summed E-state index contributed by atoms with van der Waals surface area (Å²) in [6, 6.07) is 22.2. The topological polar surface area (TPSA) is 88.5 Å². The van der Waals surface area contributed by atoms with E-state index in [1.807, 2.05) is 55.5 Å². The van der Waals surface area contributed by atoms with Gasteiger partial charge in [0.15, 0.2) is 0 Å². The van der Waals surface area contributed by atoms with Crippen LogP contribution in [0.1, 0.15) is 27.4 Å². The smallest absolute Gasteiger partial charge is 0.312 e. The zero-order chi connectivity index (χ0) is 24.2. The molecule has 0 aliphatic rings. The summed E-state index contributed by atoms with van der Waals surface area (Å²) in [5, 5.41) is 13.4. The number of methoxy groups -OCH3 is 1. The van der Waals surface area contributed by atoms with E-state index in [0.29, 0.717) is 33.5 Å². The van der Waals surface area contributed by atoms with Crippen molar-refractivity contribution in [2.45, 2.75) is 12.8 Å². The number of para-hydroxylation sites is 1. The number of rotatable bonds is 7. The van der Waals surface area contributed by atoms with Crippen LogP contribution >= 0.6 is 15.9 Å². The molecule has 3 aromatic carbocycles. The lowest BCUT2D eigenvalue weighted by Gasteiger charge is -2.18. The molecule has 1 aromatic heterocycles. The molecule has 4 rings (SSSR count). The molecule has 0 saturated carbocycles. The molecular formula is C27H23BrN2O4. The summed E-state index contributed by atoms with van der Waals surface area (Å²) in [5.74, 6) is -1.91. The number of nitrogens with zero attached hydrogens (tertiary/aromatic N) is 1. The average molecular weight is 519 g/mol. The van der Waals surface area contributed by atoms with Crippen LogP contribution in [0.25, 0.3) is 22.2 Å². The van der Waals surface area contributed by atoms with E-state index >= 15 is 0 Å². The summed E-state index contributed by atoms with van der Waals surface area (Å²) in [4.78, 5) is 30.4. The molecule has 7 heteroatoms. The number of carboxylic acids is 1. The molecule has 6 nitrogen and oxygen atoms in total. The number of amides is 1. The SMILES string of the molecule is COc1ccccc1[C@H](CNC(=O)c1c(C)c(-c2ccccc2)nc2ccc(Br)cc12)C(=O)O. The number of pyridine rings is 1. The Morgan fingerprint density at radius 3 is 2.47 bits per heavy atom. The maximum Gasteiger partial charge on any atom is 0.312 e. The highest BCUT2D eigenvalue weighted by Gasteiger charge is 2.26. The molecule has 1 amide bonds. The Morgan fingerprint density at radius 2 is 1.76 bits per heavy atom. The zero-order valence-corrected chi connectivity index (χ0v) is 20.3. The Kier molecular flexibility index (Phi) is 6.93. The van der Waals surface area contributed by atoms with Crippen molar-refractivity contribution in [1.29, 1.82) is 0 Å². The van der Waals surface area contributed by atoms with Crippen LogP contribution in [0, 0.1) is 6.92 Å². The van der Waals surface area contributed by atoms with Crippen LogP contribution in [-0.4, -0.2) is 35.6 Å². The van der Waals surface area contributed by atoms with E-state index in [1.165, 1.54) is 7.11 Å². The highest BCUT2D eigenvalue weighted by molar-refractivity contribution is 9.10. The van der Waals surface area contributed by atoms with Crippen LogP contribution in [0.5, 0.6) is 5.75 Å². The molecular weight excluding hydrogens is 496 g/mol. The van der Waals surface area contributed by atoms with Gasteiger partial charge in [0, 0.05) is 27.5 Å². The van der Waals surface area contributed by atoms with Gasteiger partial charge in [0.2, 0.25) is 0 Å². The minimum atomic E-state index is -1.05. The number of aliphatic carboxylic acids is 1. The molecule has 1 heterocycles. The fourth-order valence-electron chi connectivity index (χ4n) is 4.07. The number of fused-ring (bicyclic) bond motifs is 1. The number of hydrogen-bond donors (Lipinski definition) is 2. The molecule has 0 radical (unpaired) electrons. The molecule has 0 aliphatic carbocycles.